The van der Waals surface area contributed by atoms with Gasteiger partial charge in [0, 0.05) is 30.8 Å². The molecule has 142 valence electrons. The molecular weight excluding hydrogens is 394 g/mol. The van der Waals surface area contributed by atoms with Crippen LogP contribution < -0.4 is 0 Å². The zero-order valence-corrected chi connectivity index (χ0v) is 15.7. The number of rotatable bonds is 4. The van der Waals surface area contributed by atoms with Crippen molar-refractivity contribution in [3.8, 4) is 0 Å². The topological polar surface area (TPSA) is 102 Å². The first-order valence-corrected chi connectivity index (χ1v) is 9.87. The minimum absolute atomic E-state index is 0.126. The molecule has 0 spiro atoms. The first-order chi connectivity index (χ1) is 12.9. The third-order valence-electron chi connectivity index (χ3n) is 3.95. The van der Waals surface area contributed by atoms with E-state index in [2.05, 4.69) is 4.40 Å². The minimum atomic E-state index is -4.27. The number of ether oxygens (including phenoxy) is 1. The van der Waals surface area contributed by atoms with Gasteiger partial charge < -0.3 is 9.64 Å². The summed E-state index contributed by atoms with van der Waals surface area (Å²) in [7, 11) is -4.27. The van der Waals surface area contributed by atoms with Crippen molar-refractivity contribution in [1.82, 2.24) is 4.90 Å². The van der Waals surface area contributed by atoms with E-state index in [0.717, 1.165) is 12.1 Å². The summed E-state index contributed by atoms with van der Waals surface area (Å²) in [6.07, 6.45) is 0. The van der Waals surface area contributed by atoms with Gasteiger partial charge in [-0.25, -0.2) is 0 Å². The van der Waals surface area contributed by atoms with E-state index in [-0.39, 0.29) is 16.5 Å². The monoisotopic (exact) mass is 409 g/mol. The van der Waals surface area contributed by atoms with Gasteiger partial charge in [-0.1, -0.05) is 41.9 Å². The van der Waals surface area contributed by atoms with Gasteiger partial charge in [0.15, 0.2) is 0 Å². The Morgan fingerprint density at radius 1 is 1.15 bits per heavy atom. The molecule has 1 saturated heterocycles. The second-order valence-electron chi connectivity index (χ2n) is 5.73. The van der Waals surface area contributed by atoms with Crippen LogP contribution in [0.1, 0.15) is 5.56 Å². The van der Waals surface area contributed by atoms with Gasteiger partial charge in [0.1, 0.15) is 10.7 Å². The molecule has 0 radical (unpaired) electrons. The van der Waals surface area contributed by atoms with Crippen LogP contribution in [0.25, 0.3) is 0 Å². The normalized spacial score (nSPS) is 15.6. The molecule has 0 aromatic heterocycles. The number of sulfonamides is 1. The van der Waals surface area contributed by atoms with E-state index in [0.29, 0.717) is 31.9 Å². The average Bonchev–Trinajstić information content (AvgIpc) is 2.67. The summed E-state index contributed by atoms with van der Waals surface area (Å²) < 4.78 is 35.1. The highest BCUT2D eigenvalue weighted by molar-refractivity contribution is 7.90. The Morgan fingerprint density at radius 2 is 1.81 bits per heavy atom. The third kappa shape index (κ3) is 4.44. The van der Waals surface area contributed by atoms with Crippen LogP contribution in [0.2, 0.25) is 5.02 Å². The molecule has 1 aliphatic rings. The van der Waals surface area contributed by atoms with Crippen molar-refractivity contribution < 1.29 is 18.1 Å². The first kappa shape index (κ1) is 19.3. The fourth-order valence-electron chi connectivity index (χ4n) is 2.62. The smallest absolute Gasteiger partial charge is 0.286 e. The van der Waals surface area contributed by atoms with Crippen LogP contribution in [0.4, 0.5) is 5.69 Å². The largest absolute Gasteiger partial charge is 0.378 e. The number of benzene rings is 2. The van der Waals surface area contributed by atoms with Gasteiger partial charge in [0.05, 0.1) is 23.2 Å². The number of amidine groups is 1. The Bertz CT molecular complexity index is 973. The van der Waals surface area contributed by atoms with E-state index >= 15 is 0 Å². The van der Waals surface area contributed by atoms with Gasteiger partial charge >= 0.3 is 0 Å². The molecular formula is C17H16ClN3O5S. The molecule has 10 heteroatoms. The van der Waals surface area contributed by atoms with E-state index < -0.39 is 19.8 Å². The number of nitro benzene ring substituents is 1. The van der Waals surface area contributed by atoms with Crippen molar-refractivity contribution in [2.45, 2.75) is 4.90 Å². The maximum absolute atomic E-state index is 12.9. The number of nitro groups is 1. The summed E-state index contributed by atoms with van der Waals surface area (Å²) in [4.78, 5) is 11.7. The number of halogens is 1. The van der Waals surface area contributed by atoms with Crippen molar-refractivity contribution in [1.29, 1.82) is 0 Å². The molecule has 2 aromatic rings. The Kier molecular flexibility index (Phi) is 5.73. The summed E-state index contributed by atoms with van der Waals surface area (Å²) in [5, 5.41) is 10.9. The number of nitrogens with zero attached hydrogens (tertiary/aromatic N) is 3. The van der Waals surface area contributed by atoms with Crippen molar-refractivity contribution >= 4 is 33.1 Å². The number of hydrogen-bond acceptors (Lipinski definition) is 5. The maximum atomic E-state index is 12.9. The van der Waals surface area contributed by atoms with Crippen LogP contribution >= 0.6 is 11.6 Å². The Balaban J connectivity index is 2.11. The fraction of sp³-hybridized carbons (Fsp3) is 0.235. The molecule has 0 unspecified atom stereocenters. The lowest BCUT2D eigenvalue weighted by atomic mass is 10.2. The zero-order chi connectivity index (χ0) is 19.4. The van der Waals surface area contributed by atoms with Crippen molar-refractivity contribution in [3.05, 3.63) is 69.2 Å². The highest BCUT2D eigenvalue weighted by Crippen LogP contribution is 2.28. The molecule has 27 heavy (non-hydrogen) atoms. The van der Waals surface area contributed by atoms with Crippen LogP contribution in [0, 0.1) is 10.1 Å². The van der Waals surface area contributed by atoms with Crippen LogP contribution in [-0.2, 0) is 14.8 Å². The molecule has 1 fully saturated rings. The Morgan fingerprint density at radius 3 is 2.44 bits per heavy atom. The van der Waals surface area contributed by atoms with Gasteiger partial charge in [0.2, 0.25) is 0 Å². The van der Waals surface area contributed by atoms with E-state index in [1.165, 1.54) is 6.07 Å². The lowest BCUT2D eigenvalue weighted by Gasteiger charge is -2.29. The average molecular weight is 410 g/mol. The van der Waals surface area contributed by atoms with Gasteiger partial charge in [0.25, 0.3) is 15.7 Å². The maximum Gasteiger partial charge on any atom is 0.286 e. The Hall–Kier alpha value is -2.49. The fourth-order valence-corrected chi connectivity index (χ4v) is 4.16. The molecule has 1 heterocycles. The van der Waals surface area contributed by atoms with Gasteiger partial charge in [-0.15, -0.1) is 4.40 Å². The van der Waals surface area contributed by atoms with E-state index in [4.69, 9.17) is 16.3 Å². The summed E-state index contributed by atoms with van der Waals surface area (Å²) in [5.41, 5.74) is 0.241. The van der Waals surface area contributed by atoms with Crippen LogP contribution in [0.5, 0.6) is 0 Å². The molecule has 0 amide bonds. The predicted molar refractivity (Wildman–Crippen MR) is 101 cm³/mol. The van der Waals surface area contributed by atoms with Crippen LogP contribution in [0.15, 0.2) is 57.8 Å². The first-order valence-electron chi connectivity index (χ1n) is 8.05. The van der Waals surface area contributed by atoms with E-state index in [1.54, 1.807) is 24.3 Å². The predicted octanol–water partition coefficient (Wildman–Crippen LogP) is 2.72. The number of non-ortho nitro benzene ring substituents is 1. The molecule has 3 rings (SSSR count). The third-order valence-corrected chi connectivity index (χ3v) is 5.70. The number of hydrogen-bond donors (Lipinski definition) is 0. The Labute approximate surface area is 161 Å². The van der Waals surface area contributed by atoms with Gasteiger partial charge in [-0.3, -0.25) is 10.1 Å². The second-order valence-corrected chi connectivity index (χ2v) is 7.71. The molecule has 0 bridgehead atoms. The zero-order valence-electron chi connectivity index (χ0n) is 14.1. The molecule has 0 atom stereocenters. The molecule has 0 aliphatic carbocycles. The van der Waals surface area contributed by atoms with Crippen molar-refractivity contribution in [2.24, 2.45) is 4.40 Å². The quantitative estimate of drug-likeness (QED) is 0.333. The lowest BCUT2D eigenvalue weighted by molar-refractivity contribution is -0.385. The summed E-state index contributed by atoms with van der Waals surface area (Å²) in [6.45, 7) is 1.85. The molecule has 1 aliphatic heterocycles. The van der Waals surface area contributed by atoms with Crippen molar-refractivity contribution in [3.63, 3.8) is 0 Å². The number of morpholine rings is 1. The standard InChI is InChI=1S/C17H16ClN3O5S/c18-15-7-6-14(21(22)23)12-16(15)27(24,25)19-17(13-4-2-1-3-5-13)20-8-10-26-11-9-20/h1-7,12H,8-11H2/b19-17+. The summed E-state index contributed by atoms with van der Waals surface area (Å²) in [6, 6.07) is 12.1. The molecule has 0 N–H and O–H groups in total. The second kappa shape index (κ2) is 8.03. The molecule has 0 saturated carbocycles. The molecule has 8 nitrogen and oxygen atoms in total. The van der Waals surface area contributed by atoms with Crippen LogP contribution in [0.3, 0.4) is 0 Å². The molecule has 2 aromatic carbocycles. The van der Waals surface area contributed by atoms with Gasteiger partial charge in [-0.2, -0.15) is 8.42 Å². The minimum Gasteiger partial charge on any atom is -0.378 e. The van der Waals surface area contributed by atoms with E-state index in [1.807, 2.05) is 11.0 Å². The summed E-state index contributed by atoms with van der Waals surface area (Å²) in [5.74, 6) is 0.251. The lowest BCUT2D eigenvalue weighted by Crippen LogP contribution is -2.41. The highest BCUT2D eigenvalue weighted by atomic mass is 35.5. The van der Waals surface area contributed by atoms with Crippen molar-refractivity contribution in [2.75, 3.05) is 26.3 Å². The SMILES string of the molecule is O=[N+]([O-])c1ccc(Cl)c(S(=O)(=O)/N=C(\c2ccccc2)N2CCOCC2)c1. The van der Waals surface area contributed by atoms with Crippen LogP contribution in [-0.4, -0.2) is 50.4 Å². The van der Waals surface area contributed by atoms with E-state index in [9.17, 15) is 18.5 Å². The summed E-state index contributed by atoms with van der Waals surface area (Å²) >= 11 is 6.00. The van der Waals surface area contributed by atoms with Gasteiger partial charge in [-0.05, 0) is 6.07 Å². The highest BCUT2D eigenvalue weighted by Gasteiger charge is 2.25.